The van der Waals surface area contributed by atoms with Gasteiger partial charge in [-0.2, -0.15) is 0 Å². The monoisotopic (exact) mass is 654 g/mol. The number of hydrogen-bond donors (Lipinski definition) is 0. The van der Waals surface area contributed by atoms with Crippen LogP contribution in [0.25, 0.3) is 106 Å². The van der Waals surface area contributed by atoms with Crippen molar-refractivity contribution in [2.75, 3.05) is 0 Å². The molecule has 0 atom stereocenters. The molecule has 4 aromatic heterocycles. The van der Waals surface area contributed by atoms with Crippen molar-refractivity contribution < 1.29 is 8.83 Å². The molecule has 238 valence electrons. The summed E-state index contributed by atoms with van der Waals surface area (Å²) in [6.07, 6.45) is 0. The van der Waals surface area contributed by atoms with Crippen molar-refractivity contribution in [2.24, 2.45) is 0 Å². The van der Waals surface area contributed by atoms with E-state index in [9.17, 15) is 0 Å². The van der Waals surface area contributed by atoms with Gasteiger partial charge in [-0.25, -0.2) is 15.0 Å². The predicted molar refractivity (Wildman–Crippen MR) is 205 cm³/mol. The van der Waals surface area contributed by atoms with E-state index in [1.165, 1.54) is 0 Å². The van der Waals surface area contributed by atoms with Gasteiger partial charge >= 0.3 is 0 Å². The Morgan fingerprint density at radius 1 is 0.471 bits per heavy atom. The largest absolute Gasteiger partial charge is 0.454 e. The first-order valence-corrected chi connectivity index (χ1v) is 16.9. The van der Waals surface area contributed by atoms with Gasteiger partial charge in [0.2, 0.25) is 5.89 Å². The Morgan fingerprint density at radius 3 is 2.04 bits per heavy atom. The number of aromatic nitrogens is 4. The van der Waals surface area contributed by atoms with Crippen molar-refractivity contribution in [3.63, 3.8) is 0 Å². The highest BCUT2D eigenvalue weighted by Crippen LogP contribution is 2.40. The second-order valence-electron chi connectivity index (χ2n) is 12.8. The van der Waals surface area contributed by atoms with Crippen LogP contribution in [0.2, 0.25) is 0 Å². The molecular weight excluding hydrogens is 629 g/mol. The van der Waals surface area contributed by atoms with E-state index in [0.29, 0.717) is 17.3 Å². The van der Waals surface area contributed by atoms with Crippen molar-refractivity contribution in [3.8, 4) is 39.8 Å². The van der Waals surface area contributed by atoms with Gasteiger partial charge in [-0.05, 0) is 71.4 Å². The minimum atomic E-state index is 0.575. The topological polar surface area (TPSA) is 69.9 Å². The van der Waals surface area contributed by atoms with Gasteiger partial charge in [0.05, 0.1) is 16.6 Å². The molecule has 0 radical (unpaired) electrons. The van der Waals surface area contributed by atoms with Crippen molar-refractivity contribution in [1.82, 2.24) is 19.5 Å². The van der Waals surface area contributed by atoms with Gasteiger partial charge < -0.3 is 8.83 Å². The molecule has 0 aliphatic carbocycles. The van der Waals surface area contributed by atoms with Crippen molar-refractivity contribution >= 4 is 65.7 Å². The van der Waals surface area contributed by atoms with Crippen LogP contribution in [0.15, 0.2) is 167 Å². The van der Waals surface area contributed by atoms with Crippen LogP contribution in [0.1, 0.15) is 0 Å². The van der Waals surface area contributed by atoms with Crippen LogP contribution in [0.3, 0.4) is 0 Å². The molecule has 0 spiro atoms. The number of oxazole rings is 1. The Hall–Kier alpha value is -7.05. The van der Waals surface area contributed by atoms with Crippen LogP contribution in [0, 0.1) is 0 Å². The third kappa shape index (κ3) is 4.26. The molecule has 6 nitrogen and oxygen atoms in total. The van der Waals surface area contributed by atoms with Gasteiger partial charge in [0.15, 0.2) is 22.5 Å². The minimum absolute atomic E-state index is 0.575. The standard InChI is InChI=1S/C45H26N4O2/c1-4-12-27(13-5-1)40-39-34-18-10-11-19-36(34)49(32-16-8-3-9-17-32)44(39)48-43(46-40)30-21-20-29-26-38-35(25-31(29)24-30)33-22-23-37-41(42(33)50-38)47-45(51-37)28-14-6-2-7-15-28/h1-26H. The SMILES string of the molecule is c1ccc(-c2nc3c(ccc4c5cc6cc(-c7nc(-c8ccccc8)c8c9ccccc9n(-c9ccccc9)c8n7)ccc6cc5oc43)o2)cc1. The fourth-order valence-electron chi connectivity index (χ4n) is 7.44. The van der Waals surface area contributed by atoms with Crippen LogP contribution in [0.5, 0.6) is 0 Å². The molecule has 51 heavy (non-hydrogen) atoms. The number of para-hydroxylation sites is 2. The second kappa shape index (κ2) is 10.7. The summed E-state index contributed by atoms with van der Waals surface area (Å²) in [5.74, 6) is 1.24. The summed E-state index contributed by atoms with van der Waals surface area (Å²) in [6, 6.07) is 54.0. The molecule has 0 aliphatic rings. The first-order valence-electron chi connectivity index (χ1n) is 16.9. The number of rotatable bonds is 4. The average Bonchev–Trinajstić information content (AvgIpc) is 3.89. The summed E-state index contributed by atoms with van der Waals surface area (Å²) < 4.78 is 14.9. The lowest BCUT2D eigenvalue weighted by atomic mass is 10.0. The van der Waals surface area contributed by atoms with Crippen molar-refractivity contribution in [2.45, 2.75) is 0 Å². The van der Waals surface area contributed by atoms with E-state index in [0.717, 1.165) is 88.2 Å². The number of nitrogens with zero attached hydrogens (tertiary/aromatic N) is 4. The molecule has 0 unspecified atom stereocenters. The minimum Gasteiger partial charge on any atom is -0.454 e. The highest BCUT2D eigenvalue weighted by Gasteiger charge is 2.21. The normalized spacial score (nSPS) is 11.9. The highest BCUT2D eigenvalue weighted by molar-refractivity contribution is 6.17. The van der Waals surface area contributed by atoms with Gasteiger partial charge in [0.1, 0.15) is 11.2 Å². The lowest BCUT2D eigenvalue weighted by Crippen LogP contribution is -1.99. The van der Waals surface area contributed by atoms with Crippen LogP contribution < -0.4 is 0 Å². The average molecular weight is 655 g/mol. The molecule has 0 fully saturated rings. The Bertz CT molecular complexity index is 3120. The van der Waals surface area contributed by atoms with Crippen LogP contribution >= 0.6 is 0 Å². The smallest absolute Gasteiger partial charge is 0.227 e. The summed E-state index contributed by atoms with van der Waals surface area (Å²) in [7, 11) is 0. The van der Waals surface area contributed by atoms with Gasteiger partial charge in [-0.15, -0.1) is 0 Å². The van der Waals surface area contributed by atoms with Crippen LogP contribution in [-0.4, -0.2) is 19.5 Å². The molecule has 6 heteroatoms. The maximum Gasteiger partial charge on any atom is 0.227 e. The van der Waals surface area contributed by atoms with E-state index < -0.39 is 0 Å². The molecule has 4 heterocycles. The molecule has 0 bridgehead atoms. The summed E-state index contributed by atoms with van der Waals surface area (Å²) >= 11 is 0. The number of benzene rings is 7. The Kier molecular flexibility index (Phi) is 5.86. The van der Waals surface area contributed by atoms with Crippen molar-refractivity contribution in [1.29, 1.82) is 0 Å². The lowest BCUT2D eigenvalue weighted by molar-refractivity contribution is 0.620. The Labute approximate surface area is 290 Å². The third-order valence-electron chi connectivity index (χ3n) is 9.81. The number of hydrogen-bond acceptors (Lipinski definition) is 5. The first-order chi connectivity index (χ1) is 25.3. The van der Waals surface area contributed by atoms with Gasteiger partial charge in [-0.3, -0.25) is 4.57 Å². The van der Waals surface area contributed by atoms with Crippen LogP contribution in [0.4, 0.5) is 0 Å². The second-order valence-corrected chi connectivity index (χ2v) is 12.8. The summed E-state index contributed by atoms with van der Waals surface area (Å²) in [6.45, 7) is 0. The molecule has 11 aromatic rings. The molecule has 0 saturated carbocycles. The Morgan fingerprint density at radius 2 is 1.22 bits per heavy atom. The fourth-order valence-corrected chi connectivity index (χ4v) is 7.44. The van der Waals surface area contributed by atoms with Gasteiger partial charge in [-0.1, -0.05) is 97.1 Å². The van der Waals surface area contributed by atoms with E-state index in [-0.39, 0.29) is 0 Å². The van der Waals surface area contributed by atoms with E-state index >= 15 is 0 Å². The highest BCUT2D eigenvalue weighted by atomic mass is 16.4. The summed E-state index contributed by atoms with van der Waals surface area (Å²) in [5.41, 5.74) is 9.77. The van der Waals surface area contributed by atoms with Gasteiger partial charge in [0, 0.05) is 38.5 Å². The quantitative estimate of drug-likeness (QED) is 0.189. The molecule has 11 rings (SSSR count). The molecular formula is C45H26N4O2. The maximum absolute atomic E-state index is 6.48. The zero-order valence-corrected chi connectivity index (χ0v) is 27.1. The zero-order chi connectivity index (χ0) is 33.5. The summed E-state index contributed by atoms with van der Waals surface area (Å²) in [5, 5.41) is 6.30. The molecule has 0 N–H and O–H groups in total. The van der Waals surface area contributed by atoms with Gasteiger partial charge in [0.25, 0.3) is 0 Å². The molecule has 0 aliphatic heterocycles. The van der Waals surface area contributed by atoms with E-state index in [1.807, 2.05) is 48.5 Å². The van der Waals surface area contributed by atoms with E-state index in [1.54, 1.807) is 0 Å². The molecule has 0 amide bonds. The van der Waals surface area contributed by atoms with E-state index in [4.69, 9.17) is 23.8 Å². The number of furan rings is 1. The fraction of sp³-hybridized carbons (Fsp3) is 0. The van der Waals surface area contributed by atoms with Crippen LogP contribution in [-0.2, 0) is 0 Å². The maximum atomic E-state index is 6.48. The summed E-state index contributed by atoms with van der Waals surface area (Å²) in [4.78, 5) is 15.5. The first kappa shape index (κ1) is 27.9. The molecule has 0 saturated heterocycles. The zero-order valence-electron chi connectivity index (χ0n) is 27.1. The van der Waals surface area contributed by atoms with Crippen molar-refractivity contribution in [3.05, 3.63) is 158 Å². The molecule has 7 aromatic carbocycles. The number of fused-ring (bicyclic) bond motifs is 9. The lowest BCUT2D eigenvalue weighted by Gasteiger charge is -2.11. The van der Waals surface area contributed by atoms with E-state index in [2.05, 4.69) is 114 Å². The predicted octanol–water partition coefficient (Wildman–Crippen LogP) is 11.8. The third-order valence-corrected chi connectivity index (χ3v) is 9.81. The Balaban J connectivity index is 1.13.